The van der Waals surface area contributed by atoms with Gasteiger partial charge < -0.3 is 19.3 Å². The van der Waals surface area contributed by atoms with E-state index in [0.29, 0.717) is 33.0 Å². The van der Waals surface area contributed by atoms with Crippen LogP contribution < -0.4 is 0 Å². The average Bonchev–Trinajstić information content (AvgIpc) is 2.91. The smallest absolute Gasteiger partial charge is 0.325 e. The summed E-state index contributed by atoms with van der Waals surface area (Å²) >= 11 is 0. The largest absolute Gasteiger partial charge is 0.465 e. The highest BCUT2D eigenvalue weighted by Gasteiger charge is 2.37. The van der Waals surface area contributed by atoms with Gasteiger partial charge in [0.1, 0.15) is 6.04 Å². The summed E-state index contributed by atoms with van der Waals surface area (Å²) in [4.78, 5) is 32.0. The second-order valence-electron chi connectivity index (χ2n) is 8.79. The first kappa shape index (κ1) is 25.4. The van der Waals surface area contributed by atoms with Crippen molar-refractivity contribution in [1.29, 1.82) is 0 Å². The number of esters is 1. The van der Waals surface area contributed by atoms with Gasteiger partial charge in [0.15, 0.2) is 0 Å². The van der Waals surface area contributed by atoms with Gasteiger partial charge in [-0.1, -0.05) is 91.0 Å². The third-order valence-electron chi connectivity index (χ3n) is 6.06. The first-order valence-corrected chi connectivity index (χ1v) is 12.3. The number of urea groups is 1. The standard InChI is InChI=1S/C29H33N3O4/c1-2-36-28(33)27(21-35-20-26-16-10-5-11-17-26)32-22-30(18-24-12-6-3-7-13-24)29(34)31(23-32)19-25-14-8-4-9-15-25/h3-17,27H,2,18-23H2,1H3/t27-/m0/s1. The first-order chi connectivity index (χ1) is 17.6. The summed E-state index contributed by atoms with van der Waals surface area (Å²) < 4.78 is 11.4. The van der Waals surface area contributed by atoms with E-state index in [-0.39, 0.29) is 25.2 Å². The van der Waals surface area contributed by atoms with Crippen LogP contribution >= 0.6 is 0 Å². The van der Waals surface area contributed by atoms with Gasteiger partial charge in [0.2, 0.25) is 0 Å². The third-order valence-corrected chi connectivity index (χ3v) is 6.06. The van der Waals surface area contributed by atoms with Crippen molar-refractivity contribution in [3.63, 3.8) is 0 Å². The molecule has 3 aromatic carbocycles. The number of rotatable bonds is 11. The molecule has 0 saturated carbocycles. The maximum atomic E-state index is 13.5. The van der Waals surface area contributed by atoms with Crippen molar-refractivity contribution in [2.75, 3.05) is 26.6 Å². The van der Waals surface area contributed by atoms with E-state index in [1.54, 1.807) is 16.7 Å². The Balaban J connectivity index is 1.54. The quantitative estimate of drug-likeness (QED) is 0.373. The zero-order valence-corrected chi connectivity index (χ0v) is 20.7. The SMILES string of the molecule is CCOC(=O)[C@H](COCc1ccccc1)N1CN(Cc2ccccc2)C(=O)N(Cc2ccccc2)C1. The Bertz CT molecular complexity index is 1040. The molecule has 4 rings (SSSR count). The lowest BCUT2D eigenvalue weighted by atomic mass is 10.2. The second-order valence-corrected chi connectivity index (χ2v) is 8.79. The molecular weight excluding hydrogens is 454 g/mol. The number of benzene rings is 3. The van der Waals surface area contributed by atoms with Crippen LogP contribution in [-0.2, 0) is 34.0 Å². The molecular formula is C29H33N3O4. The summed E-state index contributed by atoms with van der Waals surface area (Å²) in [6, 6.07) is 28.9. The molecule has 1 fully saturated rings. The van der Waals surface area contributed by atoms with Crippen LogP contribution in [0.3, 0.4) is 0 Å². The molecule has 7 nitrogen and oxygen atoms in total. The zero-order chi connectivity index (χ0) is 25.2. The lowest BCUT2D eigenvalue weighted by Gasteiger charge is -2.44. The van der Waals surface area contributed by atoms with Gasteiger partial charge >= 0.3 is 12.0 Å². The fraction of sp³-hybridized carbons (Fsp3) is 0.310. The summed E-state index contributed by atoms with van der Waals surface area (Å²) in [5.74, 6) is -0.348. The maximum Gasteiger partial charge on any atom is 0.325 e. The molecule has 1 aliphatic heterocycles. The van der Waals surface area contributed by atoms with Crippen LogP contribution in [0, 0.1) is 0 Å². The Kier molecular flexibility index (Phi) is 9.08. The summed E-state index contributed by atoms with van der Waals surface area (Å²) in [7, 11) is 0. The van der Waals surface area contributed by atoms with E-state index >= 15 is 0 Å². The maximum absolute atomic E-state index is 13.5. The number of ether oxygens (including phenoxy) is 2. The molecule has 0 aliphatic carbocycles. The van der Waals surface area contributed by atoms with Crippen LogP contribution in [0.25, 0.3) is 0 Å². The predicted octanol–water partition coefficient (Wildman–Crippen LogP) is 4.49. The van der Waals surface area contributed by atoms with Gasteiger partial charge in [-0.15, -0.1) is 0 Å². The highest BCUT2D eigenvalue weighted by atomic mass is 16.5. The monoisotopic (exact) mass is 487 g/mol. The van der Waals surface area contributed by atoms with E-state index < -0.39 is 6.04 Å². The van der Waals surface area contributed by atoms with Crippen molar-refractivity contribution in [3.05, 3.63) is 108 Å². The van der Waals surface area contributed by atoms with E-state index in [0.717, 1.165) is 16.7 Å². The number of amides is 2. The predicted molar refractivity (Wildman–Crippen MR) is 137 cm³/mol. The van der Waals surface area contributed by atoms with E-state index in [2.05, 4.69) is 0 Å². The number of carbonyl (C=O) groups is 2. The number of hydrogen-bond acceptors (Lipinski definition) is 5. The van der Waals surface area contributed by atoms with Gasteiger partial charge in [-0.25, -0.2) is 4.79 Å². The lowest BCUT2D eigenvalue weighted by molar-refractivity contribution is -0.156. The minimum Gasteiger partial charge on any atom is -0.465 e. The molecule has 3 aromatic rings. The number of hydrogen-bond donors (Lipinski definition) is 0. The van der Waals surface area contributed by atoms with Crippen molar-refractivity contribution in [2.45, 2.75) is 32.7 Å². The Morgan fingerprint density at radius 3 is 1.72 bits per heavy atom. The van der Waals surface area contributed by atoms with E-state index in [9.17, 15) is 9.59 Å². The van der Waals surface area contributed by atoms with Crippen LogP contribution in [0.1, 0.15) is 23.6 Å². The number of carbonyl (C=O) groups excluding carboxylic acids is 2. The minimum atomic E-state index is -0.640. The highest BCUT2D eigenvalue weighted by Crippen LogP contribution is 2.20. The van der Waals surface area contributed by atoms with Crippen molar-refractivity contribution in [3.8, 4) is 0 Å². The molecule has 0 unspecified atom stereocenters. The van der Waals surface area contributed by atoms with Crippen LogP contribution in [-0.4, -0.2) is 59.3 Å². The fourth-order valence-electron chi connectivity index (χ4n) is 4.27. The van der Waals surface area contributed by atoms with Gasteiger partial charge in [0, 0.05) is 13.1 Å². The van der Waals surface area contributed by atoms with E-state index in [1.165, 1.54) is 0 Å². The molecule has 0 bridgehead atoms. The lowest BCUT2D eigenvalue weighted by Crippen LogP contribution is -2.62. The van der Waals surface area contributed by atoms with Crippen molar-refractivity contribution in [1.82, 2.24) is 14.7 Å². The molecule has 0 N–H and O–H groups in total. The molecule has 7 heteroatoms. The zero-order valence-electron chi connectivity index (χ0n) is 20.7. The van der Waals surface area contributed by atoms with Crippen molar-refractivity contribution < 1.29 is 19.1 Å². The molecule has 36 heavy (non-hydrogen) atoms. The molecule has 0 radical (unpaired) electrons. The topological polar surface area (TPSA) is 62.3 Å². The van der Waals surface area contributed by atoms with Gasteiger partial charge in [-0.3, -0.25) is 9.69 Å². The van der Waals surface area contributed by atoms with Gasteiger partial charge in [0.05, 0.1) is 33.2 Å². The van der Waals surface area contributed by atoms with E-state index in [4.69, 9.17) is 9.47 Å². The Morgan fingerprint density at radius 2 is 1.25 bits per heavy atom. The third kappa shape index (κ3) is 6.93. The number of nitrogens with zero attached hydrogens (tertiary/aromatic N) is 3. The highest BCUT2D eigenvalue weighted by molar-refractivity contribution is 5.78. The molecule has 1 atom stereocenters. The summed E-state index contributed by atoms with van der Waals surface area (Å²) in [6.07, 6.45) is 0. The summed E-state index contributed by atoms with van der Waals surface area (Å²) in [5, 5.41) is 0. The Hall–Kier alpha value is -3.68. The molecule has 1 saturated heterocycles. The molecule has 2 amide bonds. The summed E-state index contributed by atoms with van der Waals surface area (Å²) in [6.45, 7) is 4.13. The van der Waals surface area contributed by atoms with Gasteiger partial charge in [0.25, 0.3) is 0 Å². The Morgan fingerprint density at radius 1 is 0.778 bits per heavy atom. The van der Waals surface area contributed by atoms with Crippen LogP contribution in [0.4, 0.5) is 4.79 Å². The van der Waals surface area contributed by atoms with Crippen LogP contribution in [0.5, 0.6) is 0 Å². The van der Waals surface area contributed by atoms with Crippen molar-refractivity contribution in [2.24, 2.45) is 0 Å². The van der Waals surface area contributed by atoms with Crippen LogP contribution in [0.15, 0.2) is 91.0 Å². The normalized spacial score (nSPS) is 15.1. The van der Waals surface area contributed by atoms with Crippen LogP contribution in [0.2, 0.25) is 0 Å². The Labute approximate surface area is 212 Å². The molecule has 0 aromatic heterocycles. The fourth-order valence-corrected chi connectivity index (χ4v) is 4.27. The molecule has 1 heterocycles. The second kappa shape index (κ2) is 12.9. The van der Waals surface area contributed by atoms with E-state index in [1.807, 2.05) is 95.9 Å². The molecule has 188 valence electrons. The molecule has 1 aliphatic rings. The molecule has 0 spiro atoms. The first-order valence-electron chi connectivity index (χ1n) is 12.3. The van der Waals surface area contributed by atoms with Gasteiger partial charge in [-0.2, -0.15) is 0 Å². The minimum absolute atomic E-state index is 0.0632. The average molecular weight is 488 g/mol. The van der Waals surface area contributed by atoms with Gasteiger partial charge in [-0.05, 0) is 23.6 Å². The summed E-state index contributed by atoms with van der Waals surface area (Å²) in [5.41, 5.74) is 3.09. The van der Waals surface area contributed by atoms with Crippen molar-refractivity contribution >= 4 is 12.0 Å².